The number of morpholine rings is 1. The Hall–Kier alpha value is -0.820. The highest BCUT2D eigenvalue weighted by Gasteiger charge is 2.35. The quantitative estimate of drug-likeness (QED) is 0.442. The maximum Gasteiger partial charge on any atom is 0.191 e. The zero-order chi connectivity index (χ0) is 16.1. The fourth-order valence-corrected chi connectivity index (χ4v) is 4.03. The average molecular weight is 443 g/mol. The van der Waals surface area contributed by atoms with Crippen molar-refractivity contribution >= 4 is 29.9 Å². The highest BCUT2D eigenvalue weighted by Crippen LogP contribution is 2.41. The molecule has 0 aromatic heterocycles. The van der Waals surface area contributed by atoms with Gasteiger partial charge in [-0.15, -0.1) is 24.0 Å². The molecule has 1 aliphatic heterocycles. The molecule has 1 aromatic rings. The molecular formula is C19H30IN3O. The fourth-order valence-electron chi connectivity index (χ4n) is 4.03. The number of hydrogen-bond donors (Lipinski definition) is 1. The minimum Gasteiger partial charge on any atom is -0.378 e. The van der Waals surface area contributed by atoms with Crippen molar-refractivity contribution in [3.05, 3.63) is 35.4 Å². The van der Waals surface area contributed by atoms with E-state index in [1.807, 2.05) is 0 Å². The first kappa shape index (κ1) is 19.5. The third-order valence-electron chi connectivity index (χ3n) is 5.41. The van der Waals surface area contributed by atoms with Gasteiger partial charge in [0.05, 0.1) is 19.8 Å². The molecule has 0 atom stereocenters. The molecule has 2 fully saturated rings. The molecule has 0 amide bonds. The first-order chi connectivity index (χ1) is 11.2. The van der Waals surface area contributed by atoms with Crippen LogP contribution in [0.2, 0.25) is 0 Å². The van der Waals surface area contributed by atoms with E-state index in [0.29, 0.717) is 5.96 Å². The first-order valence-corrected chi connectivity index (χ1v) is 8.90. The van der Waals surface area contributed by atoms with Crippen LogP contribution in [0, 0.1) is 6.92 Å². The predicted molar refractivity (Wildman–Crippen MR) is 110 cm³/mol. The van der Waals surface area contributed by atoms with Crippen LogP contribution in [0.1, 0.15) is 43.2 Å². The Bertz CT molecular complexity index is 549. The van der Waals surface area contributed by atoms with E-state index in [4.69, 9.17) is 15.5 Å². The Balaban J connectivity index is 0.00000208. The summed E-state index contributed by atoms with van der Waals surface area (Å²) >= 11 is 0. The zero-order valence-corrected chi connectivity index (χ0v) is 17.0. The molecule has 134 valence electrons. The lowest BCUT2D eigenvalue weighted by Crippen LogP contribution is -2.45. The topological polar surface area (TPSA) is 50.8 Å². The molecule has 0 unspecified atom stereocenters. The number of hydrogen-bond acceptors (Lipinski definition) is 2. The summed E-state index contributed by atoms with van der Waals surface area (Å²) in [7, 11) is 0. The van der Waals surface area contributed by atoms with Gasteiger partial charge in [-0.25, -0.2) is 0 Å². The molecule has 1 aliphatic carbocycles. The molecule has 4 nitrogen and oxygen atoms in total. The monoisotopic (exact) mass is 443 g/mol. The van der Waals surface area contributed by atoms with Crippen molar-refractivity contribution in [1.29, 1.82) is 0 Å². The van der Waals surface area contributed by atoms with E-state index in [1.165, 1.54) is 43.2 Å². The molecule has 1 saturated carbocycles. The van der Waals surface area contributed by atoms with Crippen molar-refractivity contribution < 1.29 is 4.74 Å². The van der Waals surface area contributed by atoms with Crippen molar-refractivity contribution in [2.75, 3.05) is 32.8 Å². The second-order valence-corrected chi connectivity index (χ2v) is 6.93. The Labute approximate surface area is 162 Å². The Morgan fingerprint density at radius 2 is 1.83 bits per heavy atom. The normalized spacial score (nSPS) is 21.2. The number of nitrogens with two attached hydrogens (primary N) is 1. The molecule has 1 saturated heterocycles. The summed E-state index contributed by atoms with van der Waals surface area (Å²) in [4.78, 5) is 6.98. The van der Waals surface area contributed by atoms with Gasteiger partial charge in [-0.05, 0) is 30.9 Å². The maximum absolute atomic E-state index is 6.26. The average Bonchev–Trinajstić information content (AvgIpc) is 2.61. The minimum atomic E-state index is 0. The highest BCUT2D eigenvalue weighted by atomic mass is 127. The zero-order valence-electron chi connectivity index (χ0n) is 14.7. The van der Waals surface area contributed by atoms with Crippen LogP contribution in [-0.2, 0) is 10.2 Å². The van der Waals surface area contributed by atoms with Crippen LogP contribution < -0.4 is 5.73 Å². The van der Waals surface area contributed by atoms with Gasteiger partial charge in [0.15, 0.2) is 5.96 Å². The van der Waals surface area contributed by atoms with Crippen molar-refractivity contribution in [2.45, 2.75) is 44.4 Å². The van der Waals surface area contributed by atoms with E-state index in [1.54, 1.807) is 0 Å². The number of nitrogens with zero attached hydrogens (tertiary/aromatic N) is 2. The van der Waals surface area contributed by atoms with Crippen LogP contribution in [0.3, 0.4) is 0 Å². The molecule has 0 spiro atoms. The van der Waals surface area contributed by atoms with Gasteiger partial charge in [0.25, 0.3) is 0 Å². The van der Waals surface area contributed by atoms with Crippen molar-refractivity contribution in [3.8, 4) is 0 Å². The van der Waals surface area contributed by atoms with E-state index in [-0.39, 0.29) is 29.4 Å². The Morgan fingerprint density at radius 3 is 2.50 bits per heavy atom. The maximum atomic E-state index is 6.26. The van der Waals surface area contributed by atoms with Crippen molar-refractivity contribution in [2.24, 2.45) is 10.7 Å². The molecule has 2 N–H and O–H groups in total. The molecule has 0 bridgehead atoms. The van der Waals surface area contributed by atoms with E-state index >= 15 is 0 Å². The van der Waals surface area contributed by atoms with Gasteiger partial charge in [-0.2, -0.15) is 0 Å². The lowest BCUT2D eigenvalue weighted by molar-refractivity contribution is 0.0673. The van der Waals surface area contributed by atoms with Crippen LogP contribution in [0.5, 0.6) is 0 Å². The Morgan fingerprint density at radius 1 is 1.17 bits per heavy atom. The van der Waals surface area contributed by atoms with Gasteiger partial charge in [0, 0.05) is 18.5 Å². The number of rotatable bonds is 3. The van der Waals surface area contributed by atoms with Gasteiger partial charge in [0.2, 0.25) is 0 Å². The predicted octanol–water partition coefficient (Wildman–Crippen LogP) is 3.46. The van der Waals surface area contributed by atoms with Crippen molar-refractivity contribution in [1.82, 2.24) is 4.90 Å². The van der Waals surface area contributed by atoms with Gasteiger partial charge in [-0.3, -0.25) is 4.99 Å². The standard InChI is InChI=1S/C19H29N3O.HI/c1-16-7-3-4-8-17(16)19(9-5-2-6-10-19)15-21-18(20)22-11-13-23-14-12-22;/h3-4,7-8H,2,5-6,9-15H2,1H3,(H2,20,21);1H. The molecular weight excluding hydrogens is 413 g/mol. The number of guanidine groups is 1. The summed E-state index contributed by atoms with van der Waals surface area (Å²) in [6, 6.07) is 8.80. The summed E-state index contributed by atoms with van der Waals surface area (Å²) in [6.07, 6.45) is 6.37. The molecule has 3 rings (SSSR count). The second kappa shape index (κ2) is 9.04. The molecule has 2 aliphatic rings. The number of aryl methyl sites for hydroxylation is 1. The lowest BCUT2D eigenvalue weighted by Gasteiger charge is -2.38. The van der Waals surface area contributed by atoms with Crippen LogP contribution in [0.4, 0.5) is 0 Å². The third-order valence-corrected chi connectivity index (χ3v) is 5.41. The summed E-state index contributed by atoms with van der Waals surface area (Å²) in [6.45, 7) is 6.24. The fraction of sp³-hybridized carbons (Fsp3) is 0.632. The minimum absolute atomic E-state index is 0. The van der Waals surface area contributed by atoms with Crippen LogP contribution in [0.15, 0.2) is 29.3 Å². The summed E-state index contributed by atoms with van der Waals surface area (Å²) < 4.78 is 5.40. The van der Waals surface area contributed by atoms with Gasteiger partial charge in [-0.1, -0.05) is 43.5 Å². The van der Waals surface area contributed by atoms with E-state index in [9.17, 15) is 0 Å². The number of benzene rings is 1. The first-order valence-electron chi connectivity index (χ1n) is 8.90. The summed E-state index contributed by atoms with van der Waals surface area (Å²) in [5.41, 5.74) is 9.28. The van der Waals surface area contributed by atoms with Gasteiger partial charge >= 0.3 is 0 Å². The van der Waals surface area contributed by atoms with Crippen molar-refractivity contribution in [3.63, 3.8) is 0 Å². The number of ether oxygens (including phenoxy) is 1. The smallest absolute Gasteiger partial charge is 0.191 e. The van der Waals surface area contributed by atoms with Gasteiger partial charge < -0.3 is 15.4 Å². The van der Waals surface area contributed by atoms with Gasteiger partial charge in [0.1, 0.15) is 0 Å². The summed E-state index contributed by atoms with van der Waals surface area (Å²) in [5, 5.41) is 0. The molecule has 5 heteroatoms. The third kappa shape index (κ3) is 4.42. The SMILES string of the molecule is Cc1ccccc1C1(CN=C(N)N2CCOCC2)CCCCC1.I. The summed E-state index contributed by atoms with van der Waals surface area (Å²) in [5.74, 6) is 0.687. The highest BCUT2D eigenvalue weighted by molar-refractivity contribution is 14.0. The van der Waals surface area contributed by atoms with Crippen LogP contribution in [-0.4, -0.2) is 43.7 Å². The second-order valence-electron chi connectivity index (χ2n) is 6.93. The molecule has 24 heavy (non-hydrogen) atoms. The Kier molecular flexibility index (Phi) is 7.34. The molecule has 1 aromatic carbocycles. The number of halogens is 1. The van der Waals surface area contributed by atoms with E-state index in [0.717, 1.165) is 32.8 Å². The van der Waals surface area contributed by atoms with E-state index < -0.39 is 0 Å². The van der Waals surface area contributed by atoms with Crippen LogP contribution >= 0.6 is 24.0 Å². The van der Waals surface area contributed by atoms with E-state index in [2.05, 4.69) is 36.1 Å². The molecule has 1 heterocycles. The van der Waals surface area contributed by atoms with Crippen LogP contribution in [0.25, 0.3) is 0 Å². The number of aliphatic imine (C=N–C) groups is 1. The largest absolute Gasteiger partial charge is 0.378 e. The lowest BCUT2D eigenvalue weighted by atomic mass is 9.68. The molecule has 0 radical (unpaired) electrons.